The standard InChI is InChI=1S/C14H20ClNS/c1-16-9-6-12(7-10-16)13(4-2-8-15)14-5-3-11-17-14/h3-5,11-12H,2,6-10H2,1H3/b13-4+. The zero-order valence-electron chi connectivity index (χ0n) is 10.4. The Morgan fingerprint density at radius 1 is 1.53 bits per heavy atom. The van der Waals surface area contributed by atoms with Crippen molar-refractivity contribution in [1.82, 2.24) is 4.90 Å². The van der Waals surface area contributed by atoms with E-state index < -0.39 is 0 Å². The molecule has 3 heteroatoms. The van der Waals surface area contributed by atoms with Crippen molar-refractivity contribution in [2.75, 3.05) is 26.0 Å². The van der Waals surface area contributed by atoms with Crippen molar-refractivity contribution in [3.05, 3.63) is 28.5 Å². The number of rotatable bonds is 4. The first-order chi connectivity index (χ1) is 8.31. The molecule has 1 fully saturated rings. The van der Waals surface area contributed by atoms with Gasteiger partial charge in [0.1, 0.15) is 0 Å². The van der Waals surface area contributed by atoms with Gasteiger partial charge in [0.05, 0.1) is 0 Å². The van der Waals surface area contributed by atoms with Gasteiger partial charge in [0, 0.05) is 10.8 Å². The monoisotopic (exact) mass is 269 g/mol. The molecule has 1 aromatic heterocycles. The Balaban J connectivity index is 2.11. The Labute approximate surface area is 113 Å². The van der Waals surface area contributed by atoms with Crippen LogP contribution in [0.25, 0.3) is 5.57 Å². The van der Waals surface area contributed by atoms with Gasteiger partial charge in [0.15, 0.2) is 0 Å². The van der Waals surface area contributed by atoms with Crippen molar-refractivity contribution < 1.29 is 0 Å². The maximum absolute atomic E-state index is 5.82. The molecule has 0 amide bonds. The minimum atomic E-state index is 0.724. The van der Waals surface area contributed by atoms with Crippen LogP contribution in [0.2, 0.25) is 0 Å². The summed E-state index contributed by atoms with van der Waals surface area (Å²) < 4.78 is 0. The molecule has 1 aliphatic heterocycles. The van der Waals surface area contributed by atoms with Gasteiger partial charge < -0.3 is 4.90 Å². The Kier molecular flexibility index (Phi) is 5.08. The number of alkyl halides is 1. The van der Waals surface area contributed by atoms with Crippen molar-refractivity contribution in [3.8, 4) is 0 Å². The number of thiophene rings is 1. The highest BCUT2D eigenvalue weighted by Crippen LogP contribution is 2.34. The van der Waals surface area contributed by atoms with E-state index in [0.717, 1.165) is 18.2 Å². The summed E-state index contributed by atoms with van der Waals surface area (Å²) in [6.45, 7) is 2.43. The zero-order chi connectivity index (χ0) is 12.1. The first kappa shape index (κ1) is 13.1. The maximum atomic E-state index is 5.82. The van der Waals surface area contributed by atoms with E-state index >= 15 is 0 Å². The Morgan fingerprint density at radius 2 is 2.29 bits per heavy atom. The summed E-state index contributed by atoms with van der Waals surface area (Å²) in [5, 5.41) is 2.17. The molecule has 0 atom stereocenters. The fourth-order valence-electron chi connectivity index (χ4n) is 2.44. The maximum Gasteiger partial charge on any atom is 0.0301 e. The molecule has 0 aromatic carbocycles. The van der Waals surface area contributed by atoms with Gasteiger partial charge in [-0.15, -0.1) is 22.9 Å². The number of halogens is 1. The smallest absolute Gasteiger partial charge is 0.0301 e. The van der Waals surface area contributed by atoms with Crippen LogP contribution in [0.3, 0.4) is 0 Å². The normalized spacial score (nSPS) is 19.8. The van der Waals surface area contributed by atoms with Gasteiger partial charge in [-0.05, 0) is 62.3 Å². The first-order valence-electron chi connectivity index (χ1n) is 6.29. The summed E-state index contributed by atoms with van der Waals surface area (Å²) in [6, 6.07) is 4.38. The Hall–Kier alpha value is -0.310. The summed E-state index contributed by atoms with van der Waals surface area (Å²) in [4.78, 5) is 3.86. The van der Waals surface area contributed by atoms with Crippen LogP contribution >= 0.6 is 22.9 Å². The molecule has 1 aliphatic rings. The van der Waals surface area contributed by atoms with Gasteiger partial charge in [-0.3, -0.25) is 0 Å². The van der Waals surface area contributed by atoms with Gasteiger partial charge in [-0.25, -0.2) is 0 Å². The molecule has 0 radical (unpaired) electrons. The second-order valence-corrected chi connectivity index (χ2v) is 6.02. The molecule has 1 saturated heterocycles. The summed E-state index contributed by atoms with van der Waals surface area (Å²) in [6.07, 6.45) is 5.90. The number of likely N-dealkylation sites (tertiary alicyclic amines) is 1. The van der Waals surface area contributed by atoms with Crippen molar-refractivity contribution in [3.63, 3.8) is 0 Å². The third-order valence-corrected chi connectivity index (χ3v) is 4.57. The van der Waals surface area contributed by atoms with Crippen LogP contribution in [0, 0.1) is 5.92 Å². The number of allylic oxidation sites excluding steroid dienone is 2. The third-order valence-electron chi connectivity index (χ3n) is 3.44. The third kappa shape index (κ3) is 3.57. The van der Waals surface area contributed by atoms with Crippen molar-refractivity contribution in [2.45, 2.75) is 19.3 Å². The van der Waals surface area contributed by atoms with Crippen molar-refractivity contribution >= 4 is 28.5 Å². The number of hydrogen-bond acceptors (Lipinski definition) is 2. The molecule has 0 bridgehead atoms. The van der Waals surface area contributed by atoms with E-state index in [0.29, 0.717) is 0 Å². The molecular weight excluding hydrogens is 250 g/mol. The van der Waals surface area contributed by atoms with E-state index in [2.05, 4.69) is 35.5 Å². The molecular formula is C14H20ClNS. The van der Waals surface area contributed by atoms with Crippen LogP contribution in [-0.4, -0.2) is 30.9 Å². The lowest BCUT2D eigenvalue weighted by atomic mass is 9.88. The minimum Gasteiger partial charge on any atom is -0.306 e. The zero-order valence-corrected chi connectivity index (χ0v) is 11.9. The first-order valence-corrected chi connectivity index (χ1v) is 7.71. The highest BCUT2D eigenvalue weighted by atomic mass is 35.5. The lowest BCUT2D eigenvalue weighted by Crippen LogP contribution is -2.30. The van der Waals surface area contributed by atoms with E-state index in [4.69, 9.17) is 11.6 Å². The Morgan fingerprint density at radius 3 is 2.88 bits per heavy atom. The molecule has 1 aromatic rings. The molecule has 0 aliphatic carbocycles. The van der Waals surface area contributed by atoms with Gasteiger partial charge in [-0.1, -0.05) is 12.1 Å². The second-order valence-electron chi connectivity index (χ2n) is 4.69. The van der Waals surface area contributed by atoms with E-state index in [1.165, 1.54) is 36.4 Å². The fraction of sp³-hybridized carbons (Fsp3) is 0.571. The van der Waals surface area contributed by atoms with E-state index in [1.807, 2.05) is 11.3 Å². The van der Waals surface area contributed by atoms with E-state index in [-0.39, 0.29) is 0 Å². The van der Waals surface area contributed by atoms with Crippen molar-refractivity contribution in [2.24, 2.45) is 5.92 Å². The van der Waals surface area contributed by atoms with Gasteiger partial charge in [-0.2, -0.15) is 0 Å². The van der Waals surface area contributed by atoms with Gasteiger partial charge in [0.25, 0.3) is 0 Å². The Bertz CT molecular complexity index is 350. The summed E-state index contributed by atoms with van der Waals surface area (Å²) >= 11 is 7.67. The molecule has 0 saturated carbocycles. The topological polar surface area (TPSA) is 3.24 Å². The predicted molar refractivity (Wildman–Crippen MR) is 77.9 cm³/mol. The number of piperidine rings is 1. The molecule has 17 heavy (non-hydrogen) atoms. The van der Waals surface area contributed by atoms with Gasteiger partial charge >= 0.3 is 0 Å². The molecule has 1 nitrogen and oxygen atoms in total. The molecule has 0 unspecified atom stereocenters. The lowest BCUT2D eigenvalue weighted by Gasteiger charge is -2.30. The second kappa shape index (κ2) is 6.58. The van der Waals surface area contributed by atoms with Crippen LogP contribution < -0.4 is 0 Å². The predicted octanol–water partition coefficient (Wildman–Crippen LogP) is 4.10. The van der Waals surface area contributed by atoms with Gasteiger partial charge in [0.2, 0.25) is 0 Å². The molecule has 0 N–H and O–H groups in total. The number of nitrogens with zero attached hydrogens (tertiary/aromatic N) is 1. The average Bonchev–Trinajstić information content (AvgIpc) is 2.85. The van der Waals surface area contributed by atoms with Crippen LogP contribution in [0.1, 0.15) is 24.1 Å². The summed E-state index contributed by atoms with van der Waals surface area (Å²) in [7, 11) is 2.21. The van der Waals surface area contributed by atoms with Crippen molar-refractivity contribution in [1.29, 1.82) is 0 Å². The highest BCUT2D eigenvalue weighted by Gasteiger charge is 2.21. The lowest BCUT2D eigenvalue weighted by molar-refractivity contribution is 0.248. The quantitative estimate of drug-likeness (QED) is 0.744. The molecule has 2 heterocycles. The minimum absolute atomic E-state index is 0.724. The average molecular weight is 270 g/mol. The van der Waals surface area contributed by atoms with Crippen LogP contribution in [0.15, 0.2) is 23.6 Å². The summed E-state index contributed by atoms with van der Waals surface area (Å²) in [5.74, 6) is 1.45. The summed E-state index contributed by atoms with van der Waals surface area (Å²) in [5.41, 5.74) is 1.54. The van der Waals surface area contributed by atoms with E-state index in [9.17, 15) is 0 Å². The molecule has 0 spiro atoms. The fourth-order valence-corrected chi connectivity index (χ4v) is 3.40. The SMILES string of the molecule is CN1CCC(/C(=C\CCCl)c2cccs2)CC1. The van der Waals surface area contributed by atoms with Crippen LogP contribution in [0.5, 0.6) is 0 Å². The molecule has 94 valence electrons. The highest BCUT2D eigenvalue weighted by molar-refractivity contribution is 7.11. The van der Waals surface area contributed by atoms with Crippen LogP contribution in [0.4, 0.5) is 0 Å². The molecule has 2 rings (SSSR count). The van der Waals surface area contributed by atoms with Crippen LogP contribution in [-0.2, 0) is 0 Å². The van der Waals surface area contributed by atoms with E-state index in [1.54, 1.807) is 0 Å². The largest absolute Gasteiger partial charge is 0.306 e. The number of hydrogen-bond donors (Lipinski definition) is 0.